The fourth-order valence-corrected chi connectivity index (χ4v) is 3.88. The number of Topliss-reactive ketones (excluding diaryl/α,β-unsaturated/α-hetero) is 1. The molecule has 2 heterocycles. The van der Waals surface area contributed by atoms with Crippen LogP contribution >= 0.6 is 0 Å². The number of carbonyl (C=O) groups is 2. The number of quaternary nitrogens is 1. The van der Waals surface area contributed by atoms with Gasteiger partial charge >= 0.3 is 0 Å². The standard InChI is InChI=1S/C25H29N3O4/c1-4-16-32-20-11-9-18(10-12-20)23(29)21-22(19-8-7-13-26-17-19)28(25(31)24(21)30)15-14-27(5-2)6-3/h4,7-13,17,22,29H,1,5-6,14-16H2,2-3H3. The van der Waals surface area contributed by atoms with Crippen molar-refractivity contribution < 1.29 is 24.3 Å². The zero-order valence-electron chi connectivity index (χ0n) is 18.5. The number of ether oxygens (including phenoxy) is 1. The minimum Gasteiger partial charge on any atom is -0.872 e. The van der Waals surface area contributed by atoms with Crippen molar-refractivity contribution in [1.29, 1.82) is 0 Å². The van der Waals surface area contributed by atoms with Gasteiger partial charge in [-0.05, 0) is 43.2 Å². The third kappa shape index (κ3) is 4.89. The zero-order chi connectivity index (χ0) is 23.1. The summed E-state index contributed by atoms with van der Waals surface area (Å²) >= 11 is 0. The molecule has 1 aliphatic rings. The van der Waals surface area contributed by atoms with E-state index in [4.69, 9.17) is 4.74 Å². The molecule has 1 aromatic heterocycles. The third-order valence-corrected chi connectivity index (χ3v) is 5.72. The number of aromatic nitrogens is 1. The van der Waals surface area contributed by atoms with E-state index in [2.05, 4.69) is 25.4 Å². The van der Waals surface area contributed by atoms with E-state index in [0.29, 0.717) is 36.6 Å². The molecule has 1 atom stereocenters. The van der Waals surface area contributed by atoms with E-state index < -0.39 is 23.5 Å². The summed E-state index contributed by atoms with van der Waals surface area (Å²) in [5.74, 6) is -1.25. The lowest BCUT2D eigenvalue weighted by atomic mass is 9.96. The Labute approximate surface area is 188 Å². The molecule has 32 heavy (non-hydrogen) atoms. The molecule has 0 bridgehead atoms. The molecule has 7 nitrogen and oxygen atoms in total. The first-order valence-electron chi connectivity index (χ1n) is 10.9. The Hall–Kier alpha value is -3.45. The van der Waals surface area contributed by atoms with E-state index >= 15 is 0 Å². The van der Waals surface area contributed by atoms with Gasteiger partial charge in [-0.1, -0.05) is 36.6 Å². The molecular weight excluding hydrogens is 406 g/mol. The van der Waals surface area contributed by atoms with Crippen molar-refractivity contribution in [3.63, 3.8) is 0 Å². The predicted molar refractivity (Wildman–Crippen MR) is 120 cm³/mol. The van der Waals surface area contributed by atoms with Gasteiger partial charge in [-0.25, -0.2) is 0 Å². The van der Waals surface area contributed by atoms with Crippen molar-refractivity contribution in [3.05, 3.63) is 78.1 Å². The van der Waals surface area contributed by atoms with Crippen molar-refractivity contribution in [2.24, 2.45) is 0 Å². The molecule has 7 heteroatoms. The summed E-state index contributed by atoms with van der Waals surface area (Å²) in [6.07, 6.45) is 4.86. The predicted octanol–water partition coefficient (Wildman–Crippen LogP) is 0.795. The molecule has 2 aromatic rings. The summed E-state index contributed by atoms with van der Waals surface area (Å²) in [5, 5.41) is 13.4. The number of amides is 1. The maximum Gasteiger partial charge on any atom is 0.295 e. The highest BCUT2D eigenvalue weighted by Crippen LogP contribution is 2.38. The maximum absolute atomic E-state index is 13.4. The van der Waals surface area contributed by atoms with Gasteiger partial charge < -0.3 is 19.6 Å². The highest BCUT2D eigenvalue weighted by molar-refractivity contribution is 6.46. The van der Waals surface area contributed by atoms with Crippen molar-refractivity contribution in [2.75, 3.05) is 32.8 Å². The molecule has 1 aliphatic heterocycles. The second-order valence-corrected chi connectivity index (χ2v) is 7.59. The number of nitrogens with zero attached hydrogens (tertiary/aromatic N) is 2. The topological polar surface area (TPSA) is 87.0 Å². The number of hydrogen-bond donors (Lipinski definition) is 1. The van der Waals surface area contributed by atoms with Crippen molar-refractivity contribution in [1.82, 2.24) is 9.88 Å². The van der Waals surface area contributed by atoms with Crippen LogP contribution in [0.3, 0.4) is 0 Å². The molecular formula is C25H29N3O4. The zero-order valence-corrected chi connectivity index (χ0v) is 18.5. The molecule has 1 N–H and O–H groups in total. The minimum absolute atomic E-state index is 0.0303. The van der Waals surface area contributed by atoms with Crippen LogP contribution in [0.25, 0.3) is 5.76 Å². The Morgan fingerprint density at radius 2 is 1.94 bits per heavy atom. The molecule has 0 saturated carbocycles. The molecule has 1 amide bonds. The lowest BCUT2D eigenvalue weighted by Gasteiger charge is -2.28. The number of nitrogens with one attached hydrogen (secondary N) is 1. The molecule has 168 valence electrons. The number of carbonyl (C=O) groups excluding carboxylic acids is 2. The first-order valence-corrected chi connectivity index (χ1v) is 10.9. The van der Waals surface area contributed by atoms with Crippen LogP contribution in [0.1, 0.15) is 31.0 Å². The number of likely N-dealkylation sites (N-methyl/N-ethyl adjacent to an activating group) is 1. The van der Waals surface area contributed by atoms with Crippen LogP contribution in [-0.4, -0.2) is 54.4 Å². The lowest BCUT2D eigenvalue weighted by Crippen LogP contribution is -3.12. The van der Waals surface area contributed by atoms with E-state index in [9.17, 15) is 14.7 Å². The number of hydrogen-bond acceptors (Lipinski definition) is 5. The SMILES string of the molecule is C=CCOc1ccc(C([O-])=C2C(=O)C(=O)N(CC[NH+](CC)CC)C2c2cccnc2)cc1. The molecule has 1 fully saturated rings. The van der Waals surface area contributed by atoms with Gasteiger partial charge in [0.15, 0.2) is 0 Å². The van der Waals surface area contributed by atoms with Gasteiger partial charge in [0.2, 0.25) is 5.78 Å². The normalized spacial score (nSPS) is 17.7. The van der Waals surface area contributed by atoms with Gasteiger partial charge in [-0.15, -0.1) is 0 Å². The van der Waals surface area contributed by atoms with Crippen LogP contribution in [-0.2, 0) is 9.59 Å². The highest BCUT2D eigenvalue weighted by atomic mass is 16.5. The van der Waals surface area contributed by atoms with E-state index in [1.54, 1.807) is 54.9 Å². The van der Waals surface area contributed by atoms with Crippen LogP contribution in [0, 0.1) is 0 Å². The molecule has 1 saturated heterocycles. The summed E-state index contributed by atoms with van der Waals surface area (Å²) in [7, 11) is 0. The molecule has 1 aromatic carbocycles. The van der Waals surface area contributed by atoms with E-state index in [0.717, 1.165) is 13.1 Å². The van der Waals surface area contributed by atoms with E-state index in [1.807, 2.05) is 0 Å². The maximum atomic E-state index is 13.4. The minimum atomic E-state index is -0.747. The Balaban J connectivity index is 2.00. The van der Waals surface area contributed by atoms with Crippen LogP contribution in [0.2, 0.25) is 0 Å². The van der Waals surface area contributed by atoms with Gasteiger partial charge in [-0.3, -0.25) is 14.6 Å². The first kappa shape index (κ1) is 23.2. The van der Waals surface area contributed by atoms with Crippen molar-refractivity contribution in [3.8, 4) is 5.75 Å². The van der Waals surface area contributed by atoms with Crippen LogP contribution in [0.4, 0.5) is 0 Å². The highest BCUT2D eigenvalue weighted by Gasteiger charge is 2.44. The number of ketones is 1. The smallest absolute Gasteiger partial charge is 0.295 e. The third-order valence-electron chi connectivity index (χ3n) is 5.72. The Bertz CT molecular complexity index is 982. The number of likely N-dealkylation sites (tertiary alicyclic amines) is 1. The average molecular weight is 436 g/mol. The van der Waals surface area contributed by atoms with Gasteiger partial charge in [0.05, 0.1) is 32.2 Å². The summed E-state index contributed by atoms with van der Waals surface area (Å²) in [6, 6.07) is 9.33. The summed E-state index contributed by atoms with van der Waals surface area (Å²) < 4.78 is 5.46. The fourth-order valence-electron chi connectivity index (χ4n) is 3.88. The molecule has 3 rings (SSSR count). The van der Waals surface area contributed by atoms with Crippen LogP contribution in [0.15, 0.2) is 67.0 Å². The quantitative estimate of drug-likeness (QED) is 0.258. The van der Waals surface area contributed by atoms with Crippen molar-refractivity contribution >= 4 is 17.4 Å². The largest absolute Gasteiger partial charge is 0.872 e. The molecule has 0 spiro atoms. The number of pyridine rings is 1. The Kier molecular flexibility index (Phi) is 7.78. The van der Waals surface area contributed by atoms with Crippen LogP contribution < -0.4 is 14.7 Å². The second-order valence-electron chi connectivity index (χ2n) is 7.59. The molecule has 0 radical (unpaired) electrons. The number of benzene rings is 1. The summed E-state index contributed by atoms with van der Waals surface area (Å²) in [6.45, 7) is 11.0. The first-order chi connectivity index (χ1) is 15.5. The summed E-state index contributed by atoms with van der Waals surface area (Å²) in [4.78, 5) is 32.9. The summed E-state index contributed by atoms with van der Waals surface area (Å²) in [5.41, 5.74) is 0.949. The van der Waals surface area contributed by atoms with Gasteiger partial charge in [0.1, 0.15) is 12.4 Å². The average Bonchev–Trinajstić information content (AvgIpc) is 3.08. The van der Waals surface area contributed by atoms with E-state index in [-0.39, 0.29) is 5.57 Å². The number of rotatable bonds is 10. The fraction of sp³-hybridized carbons (Fsp3) is 0.320. The van der Waals surface area contributed by atoms with E-state index in [1.165, 1.54) is 9.80 Å². The van der Waals surface area contributed by atoms with Gasteiger partial charge in [0.25, 0.3) is 5.91 Å². The molecule has 1 unspecified atom stereocenters. The monoisotopic (exact) mass is 435 g/mol. The Morgan fingerprint density at radius 1 is 1.22 bits per heavy atom. The Morgan fingerprint density at radius 3 is 2.53 bits per heavy atom. The van der Waals surface area contributed by atoms with Gasteiger partial charge in [0, 0.05) is 18.0 Å². The lowest BCUT2D eigenvalue weighted by molar-refractivity contribution is -0.895. The van der Waals surface area contributed by atoms with Gasteiger partial charge in [-0.2, -0.15) is 0 Å². The van der Waals surface area contributed by atoms with Crippen LogP contribution in [0.5, 0.6) is 5.75 Å². The molecule has 0 aliphatic carbocycles. The second kappa shape index (κ2) is 10.7. The van der Waals surface area contributed by atoms with Crippen molar-refractivity contribution in [2.45, 2.75) is 19.9 Å².